The van der Waals surface area contributed by atoms with Crippen LogP contribution in [0.4, 0.5) is 0 Å². The van der Waals surface area contributed by atoms with Crippen LogP contribution in [0.1, 0.15) is 85.0 Å². The highest BCUT2D eigenvalue weighted by atomic mass is 16.2. The van der Waals surface area contributed by atoms with Gasteiger partial charge in [0.05, 0.1) is 0 Å². The molecule has 0 unspecified atom stereocenters. The van der Waals surface area contributed by atoms with Gasteiger partial charge in [-0.2, -0.15) is 0 Å². The zero-order valence-electron chi connectivity index (χ0n) is 13.0. The fourth-order valence-electron chi connectivity index (χ4n) is 2.33. The quantitative estimate of drug-likeness (QED) is 0.534. The van der Waals surface area contributed by atoms with E-state index in [0.29, 0.717) is 0 Å². The third-order valence-electron chi connectivity index (χ3n) is 3.75. The van der Waals surface area contributed by atoms with Crippen LogP contribution in [0, 0.1) is 5.41 Å². The molecule has 0 saturated heterocycles. The number of carbonyl (C=O) groups is 1. The Morgan fingerprint density at radius 3 is 1.78 bits per heavy atom. The molecule has 0 spiro atoms. The van der Waals surface area contributed by atoms with Crippen molar-refractivity contribution in [1.29, 1.82) is 0 Å². The topological polar surface area (TPSA) is 29.1 Å². The second-order valence-corrected chi connectivity index (χ2v) is 6.04. The molecule has 0 radical (unpaired) electrons. The molecule has 18 heavy (non-hydrogen) atoms. The molecule has 2 nitrogen and oxygen atoms in total. The van der Waals surface area contributed by atoms with Crippen molar-refractivity contribution in [3.63, 3.8) is 0 Å². The van der Waals surface area contributed by atoms with Gasteiger partial charge >= 0.3 is 0 Å². The molecule has 0 aliphatic rings. The predicted octanol–water partition coefficient (Wildman–Crippen LogP) is 4.68. The lowest BCUT2D eigenvalue weighted by molar-refractivity contribution is -0.129. The average Bonchev–Trinajstić information content (AvgIpc) is 2.35. The molecule has 2 heteroatoms. The first-order valence-electron chi connectivity index (χ1n) is 7.76. The fourth-order valence-corrected chi connectivity index (χ4v) is 2.33. The molecule has 0 saturated carbocycles. The van der Waals surface area contributed by atoms with Crippen LogP contribution in [0.3, 0.4) is 0 Å². The molecule has 0 aromatic heterocycles. The molecule has 1 N–H and O–H groups in total. The van der Waals surface area contributed by atoms with Gasteiger partial charge in [-0.3, -0.25) is 4.79 Å². The Bertz CT molecular complexity index is 211. The molecule has 108 valence electrons. The third kappa shape index (κ3) is 8.54. The zero-order valence-corrected chi connectivity index (χ0v) is 13.0. The molecule has 1 amide bonds. The van der Waals surface area contributed by atoms with Crippen molar-refractivity contribution in [2.45, 2.75) is 85.0 Å². The number of amides is 1. The lowest BCUT2D eigenvalue weighted by Gasteiger charge is -2.22. The normalized spacial score (nSPS) is 11.6. The van der Waals surface area contributed by atoms with Crippen molar-refractivity contribution in [2.24, 2.45) is 5.41 Å². The van der Waals surface area contributed by atoms with Gasteiger partial charge in [0, 0.05) is 12.5 Å². The number of hydrogen-bond acceptors (Lipinski definition) is 1. The van der Waals surface area contributed by atoms with Gasteiger partial charge in [0.15, 0.2) is 0 Å². The summed E-state index contributed by atoms with van der Waals surface area (Å²) in [5, 5.41) is 2.75. The van der Waals surface area contributed by atoms with E-state index in [9.17, 15) is 4.79 Å². The van der Waals surface area contributed by atoms with Gasteiger partial charge in [-0.25, -0.2) is 0 Å². The second kappa shape index (κ2) is 10.4. The first kappa shape index (κ1) is 17.5. The lowest BCUT2D eigenvalue weighted by Crippen LogP contribution is -2.34. The van der Waals surface area contributed by atoms with Crippen LogP contribution >= 0.6 is 0 Å². The molecule has 0 atom stereocenters. The van der Waals surface area contributed by atoms with Crippen molar-refractivity contribution in [1.82, 2.24) is 5.32 Å². The molecule has 0 aromatic carbocycles. The van der Waals surface area contributed by atoms with Gasteiger partial charge in [-0.1, -0.05) is 78.6 Å². The van der Waals surface area contributed by atoms with Crippen LogP contribution < -0.4 is 5.32 Å². The zero-order chi connectivity index (χ0) is 13.9. The van der Waals surface area contributed by atoms with Crippen LogP contribution in [0.25, 0.3) is 0 Å². The van der Waals surface area contributed by atoms with E-state index in [1.807, 2.05) is 13.8 Å². The van der Waals surface area contributed by atoms with Crippen LogP contribution in [0.15, 0.2) is 0 Å². The summed E-state index contributed by atoms with van der Waals surface area (Å²) in [7, 11) is 1.72. The highest BCUT2D eigenvalue weighted by Crippen LogP contribution is 2.24. The Kier molecular flexibility index (Phi) is 10.1. The van der Waals surface area contributed by atoms with Gasteiger partial charge in [0.25, 0.3) is 0 Å². The molecular weight excluding hydrogens is 222 g/mol. The maximum Gasteiger partial charge on any atom is 0.225 e. The van der Waals surface area contributed by atoms with Crippen molar-refractivity contribution in [3.05, 3.63) is 0 Å². The average molecular weight is 255 g/mol. The molecule has 0 aliphatic carbocycles. The summed E-state index contributed by atoms with van der Waals surface area (Å²) in [4.78, 5) is 11.6. The standard InChI is InChI=1S/C16H33NO/c1-5-6-7-8-9-10-11-12-13-14-16(2,3)15(18)17-4/h5-14H2,1-4H3,(H,17,18). The molecule has 0 bridgehead atoms. The van der Waals surface area contributed by atoms with Gasteiger partial charge in [-0.15, -0.1) is 0 Å². The molecule has 0 heterocycles. The van der Waals surface area contributed by atoms with E-state index in [2.05, 4.69) is 12.2 Å². The minimum atomic E-state index is -0.199. The second-order valence-electron chi connectivity index (χ2n) is 6.04. The number of nitrogens with one attached hydrogen (secondary N) is 1. The Hall–Kier alpha value is -0.530. The van der Waals surface area contributed by atoms with E-state index in [-0.39, 0.29) is 11.3 Å². The SMILES string of the molecule is CCCCCCCCCCCC(C)(C)C(=O)NC. The van der Waals surface area contributed by atoms with Gasteiger partial charge < -0.3 is 5.32 Å². The minimum Gasteiger partial charge on any atom is -0.359 e. The molecule has 0 rings (SSSR count). The van der Waals surface area contributed by atoms with Crippen molar-refractivity contribution in [2.75, 3.05) is 7.05 Å². The molecule has 0 aromatic rings. The number of rotatable bonds is 11. The van der Waals surface area contributed by atoms with Crippen LogP contribution in [-0.4, -0.2) is 13.0 Å². The Balaban J connectivity index is 3.37. The summed E-state index contributed by atoms with van der Waals surface area (Å²) < 4.78 is 0. The summed E-state index contributed by atoms with van der Waals surface area (Å²) in [6.07, 6.45) is 13.1. The summed E-state index contributed by atoms with van der Waals surface area (Å²) >= 11 is 0. The minimum absolute atomic E-state index is 0.169. The largest absolute Gasteiger partial charge is 0.359 e. The molecule has 0 aliphatic heterocycles. The van der Waals surface area contributed by atoms with Crippen LogP contribution in [0.2, 0.25) is 0 Å². The molecular formula is C16H33NO. The summed E-state index contributed by atoms with van der Waals surface area (Å²) in [5.74, 6) is 0.169. The lowest BCUT2D eigenvalue weighted by atomic mass is 9.86. The van der Waals surface area contributed by atoms with E-state index >= 15 is 0 Å². The van der Waals surface area contributed by atoms with E-state index in [0.717, 1.165) is 6.42 Å². The van der Waals surface area contributed by atoms with Crippen LogP contribution in [0.5, 0.6) is 0 Å². The monoisotopic (exact) mass is 255 g/mol. The van der Waals surface area contributed by atoms with Crippen molar-refractivity contribution >= 4 is 5.91 Å². The van der Waals surface area contributed by atoms with E-state index in [1.165, 1.54) is 57.8 Å². The highest BCUT2D eigenvalue weighted by molar-refractivity contribution is 5.81. The molecule has 0 fully saturated rings. The van der Waals surface area contributed by atoms with Crippen molar-refractivity contribution < 1.29 is 4.79 Å². The third-order valence-corrected chi connectivity index (χ3v) is 3.75. The number of hydrogen-bond donors (Lipinski definition) is 1. The Labute approximate surface area is 114 Å². The maximum absolute atomic E-state index is 11.6. The summed E-state index contributed by atoms with van der Waals surface area (Å²) in [6.45, 7) is 6.33. The highest BCUT2D eigenvalue weighted by Gasteiger charge is 2.25. The summed E-state index contributed by atoms with van der Waals surface area (Å²) in [6, 6.07) is 0. The predicted molar refractivity (Wildman–Crippen MR) is 79.7 cm³/mol. The first-order valence-corrected chi connectivity index (χ1v) is 7.76. The Morgan fingerprint density at radius 2 is 1.33 bits per heavy atom. The van der Waals surface area contributed by atoms with Gasteiger partial charge in [0.1, 0.15) is 0 Å². The Morgan fingerprint density at radius 1 is 0.889 bits per heavy atom. The van der Waals surface area contributed by atoms with E-state index in [4.69, 9.17) is 0 Å². The van der Waals surface area contributed by atoms with Crippen LogP contribution in [-0.2, 0) is 4.79 Å². The first-order chi connectivity index (χ1) is 8.54. The van der Waals surface area contributed by atoms with E-state index in [1.54, 1.807) is 7.05 Å². The summed E-state index contributed by atoms with van der Waals surface area (Å²) in [5.41, 5.74) is -0.199. The smallest absolute Gasteiger partial charge is 0.225 e. The fraction of sp³-hybridized carbons (Fsp3) is 0.938. The maximum atomic E-state index is 11.6. The van der Waals surface area contributed by atoms with Gasteiger partial charge in [-0.05, 0) is 6.42 Å². The van der Waals surface area contributed by atoms with E-state index < -0.39 is 0 Å². The van der Waals surface area contributed by atoms with Gasteiger partial charge in [0.2, 0.25) is 5.91 Å². The number of carbonyl (C=O) groups excluding carboxylic acids is 1. The van der Waals surface area contributed by atoms with Crippen molar-refractivity contribution in [3.8, 4) is 0 Å². The number of unbranched alkanes of at least 4 members (excludes halogenated alkanes) is 8.